The van der Waals surface area contributed by atoms with Gasteiger partial charge in [0.15, 0.2) is 0 Å². The Hall–Kier alpha value is -3.17. The number of thiophene rings is 1. The predicted molar refractivity (Wildman–Crippen MR) is 129 cm³/mol. The highest BCUT2D eigenvalue weighted by Gasteiger charge is 2.27. The van der Waals surface area contributed by atoms with E-state index in [9.17, 15) is 18.0 Å². The van der Waals surface area contributed by atoms with Gasteiger partial charge in [-0.25, -0.2) is 13.2 Å². The topological polar surface area (TPSA) is 102 Å². The molecule has 7 nitrogen and oxygen atoms in total. The molecule has 4 rings (SSSR count). The van der Waals surface area contributed by atoms with Crippen molar-refractivity contribution in [3.8, 4) is 0 Å². The first kappa shape index (κ1) is 23.0. The summed E-state index contributed by atoms with van der Waals surface area (Å²) in [7, 11) is -2.47. The summed E-state index contributed by atoms with van der Waals surface area (Å²) in [6.07, 6.45) is 3.69. The zero-order valence-electron chi connectivity index (χ0n) is 18.3. The zero-order chi connectivity index (χ0) is 23.6. The van der Waals surface area contributed by atoms with Gasteiger partial charge in [0, 0.05) is 10.4 Å². The van der Waals surface area contributed by atoms with Gasteiger partial charge in [-0.3, -0.25) is 9.52 Å². The molecule has 0 saturated heterocycles. The fraction of sp³-hybridized carbons (Fsp3) is 0.250. The molecule has 0 fully saturated rings. The lowest BCUT2D eigenvalue weighted by molar-refractivity contribution is 0.0601. The van der Waals surface area contributed by atoms with Crippen LogP contribution in [0.1, 0.15) is 49.6 Å². The minimum atomic E-state index is -3.80. The van der Waals surface area contributed by atoms with E-state index in [4.69, 9.17) is 4.74 Å². The van der Waals surface area contributed by atoms with Crippen molar-refractivity contribution in [2.75, 3.05) is 17.1 Å². The number of hydrogen-bond donors (Lipinski definition) is 2. The number of rotatable bonds is 6. The van der Waals surface area contributed by atoms with Gasteiger partial charge in [0.25, 0.3) is 15.9 Å². The third kappa shape index (κ3) is 4.65. The summed E-state index contributed by atoms with van der Waals surface area (Å²) in [5.74, 6) is -0.886. The van der Waals surface area contributed by atoms with E-state index >= 15 is 0 Å². The second-order valence-electron chi connectivity index (χ2n) is 7.76. The number of amides is 1. The Morgan fingerprint density at radius 3 is 2.45 bits per heavy atom. The van der Waals surface area contributed by atoms with Crippen LogP contribution in [-0.2, 0) is 27.6 Å². The molecule has 2 aromatic carbocycles. The number of benzene rings is 2. The third-order valence-electron chi connectivity index (χ3n) is 5.66. The number of carbonyl (C=O) groups is 2. The molecule has 1 amide bonds. The fourth-order valence-corrected chi connectivity index (χ4v) is 6.35. The average Bonchev–Trinajstić information content (AvgIpc) is 3.18. The molecule has 0 spiro atoms. The van der Waals surface area contributed by atoms with Gasteiger partial charge in [-0.1, -0.05) is 24.3 Å². The average molecular weight is 485 g/mol. The first-order valence-corrected chi connectivity index (χ1v) is 12.8. The number of methoxy groups -OCH3 is 1. The third-order valence-corrected chi connectivity index (χ3v) is 8.25. The van der Waals surface area contributed by atoms with Gasteiger partial charge in [-0.05, 0) is 68.0 Å². The number of ether oxygens (including phenoxy) is 1. The van der Waals surface area contributed by atoms with Crippen molar-refractivity contribution < 1.29 is 22.7 Å². The number of anilines is 2. The van der Waals surface area contributed by atoms with E-state index in [1.165, 1.54) is 30.6 Å². The van der Waals surface area contributed by atoms with Gasteiger partial charge in [-0.15, -0.1) is 11.3 Å². The van der Waals surface area contributed by atoms with E-state index in [2.05, 4.69) is 10.0 Å². The monoisotopic (exact) mass is 484 g/mol. The number of carbonyl (C=O) groups excluding carboxylic acids is 2. The first-order chi connectivity index (χ1) is 15.8. The molecule has 33 heavy (non-hydrogen) atoms. The number of fused-ring (bicyclic) bond motifs is 1. The molecule has 1 aliphatic rings. The van der Waals surface area contributed by atoms with Gasteiger partial charge in [0.2, 0.25) is 0 Å². The van der Waals surface area contributed by atoms with E-state index in [0.717, 1.165) is 36.1 Å². The van der Waals surface area contributed by atoms with Crippen molar-refractivity contribution in [1.29, 1.82) is 0 Å². The van der Waals surface area contributed by atoms with Crippen LogP contribution in [0.15, 0.2) is 53.4 Å². The molecule has 2 N–H and O–H groups in total. The lowest BCUT2D eigenvalue weighted by Crippen LogP contribution is -2.18. The maximum absolute atomic E-state index is 13.2. The Morgan fingerprint density at radius 2 is 1.73 bits per heavy atom. The van der Waals surface area contributed by atoms with E-state index in [-0.39, 0.29) is 4.90 Å². The highest BCUT2D eigenvalue weighted by atomic mass is 32.2. The molecule has 0 bridgehead atoms. The van der Waals surface area contributed by atoms with Gasteiger partial charge >= 0.3 is 5.97 Å². The van der Waals surface area contributed by atoms with Crippen molar-refractivity contribution in [3.63, 3.8) is 0 Å². The molecule has 1 aliphatic carbocycles. The first-order valence-electron chi connectivity index (χ1n) is 10.5. The number of hydrogen-bond acceptors (Lipinski definition) is 6. The summed E-state index contributed by atoms with van der Waals surface area (Å²) in [6, 6.07) is 12.9. The quantitative estimate of drug-likeness (QED) is 0.491. The predicted octanol–water partition coefficient (Wildman–Crippen LogP) is 4.78. The van der Waals surface area contributed by atoms with Gasteiger partial charge in [0.05, 0.1) is 23.3 Å². The smallest absolute Gasteiger partial charge is 0.341 e. The van der Waals surface area contributed by atoms with Crippen LogP contribution in [0.4, 0.5) is 10.7 Å². The van der Waals surface area contributed by atoms with Gasteiger partial charge in [-0.2, -0.15) is 0 Å². The maximum Gasteiger partial charge on any atom is 0.341 e. The van der Waals surface area contributed by atoms with Crippen LogP contribution in [0.25, 0.3) is 0 Å². The van der Waals surface area contributed by atoms with Crippen LogP contribution < -0.4 is 10.0 Å². The lowest BCUT2D eigenvalue weighted by atomic mass is 9.95. The summed E-state index contributed by atoms with van der Waals surface area (Å²) in [6.45, 7) is 1.68. The van der Waals surface area contributed by atoms with Crippen molar-refractivity contribution >= 4 is 43.9 Å². The molecular weight excluding hydrogens is 460 g/mol. The van der Waals surface area contributed by atoms with Gasteiger partial charge < -0.3 is 10.1 Å². The number of nitrogens with one attached hydrogen (secondary N) is 2. The summed E-state index contributed by atoms with van der Waals surface area (Å²) in [5.41, 5.74) is 2.48. The highest BCUT2D eigenvalue weighted by molar-refractivity contribution is 7.92. The molecule has 0 radical (unpaired) electrons. The largest absolute Gasteiger partial charge is 0.465 e. The molecule has 3 aromatic rings. The lowest BCUT2D eigenvalue weighted by Gasteiger charge is -2.14. The van der Waals surface area contributed by atoms with Crippen molar-refractivity contribution in [2.24, 2.45) is 0 Å². The van der Waals surface area contributed by atoms with Crippen LogP contribution in [0.2, 0.25) is 0 Å². The number of sulfonamides is 1. The second kappa shape index (κ2) is 9.36. The van der Waals surface area contributed by atoms with E-state index in [0.29, 0.717) is 27.4 Å². The van der Waals surface area contributed by atoms with Crippen molar-refractivity contribution in [1.82, 2.24) is 0 Å². The molecule has 0 aliphatic heterocycles. The number of esters is 1. The summed E-state index contributed by atoms with van der Waals surface area (Å²) in [4.78, 5) is 26.8. The Morgan fingerprint density at radius 1 is 1.00 bits per heavy atom. The van der Waals surface area contributed by atoms with Crippen LogP contribution in [-0.4, -0.2) is 27.4 Å². The Kier molecular flexibility index (Phi) is 6.53. The maximum atomic E-state index is 13.2. The molecule has 0 unspecified atom stereocenters. The van der Waals surface area contributed by atoms with E-state index in [1.807, 2.05) is 0 Å². The molecule has 1 aromatic heterocycles. The van der Waals surface area contributed by atoms with Crippen LogP contribution in [0.5, 0.6) is 0 Å². The van der Waals surface area contributed by atoms with Crippen LogP contribution in [0, 0.1) is 6.92 Å². The van der Waals surface area contributed by atoms with Crippen molar-refractivity contribution in [2.45, 2.75) is 37.5 Å². The summed E-state index contributed by atoms with van der Waals surface area (Å²) in [5, 5.41) is 3.33. The molecule has 172 valence electrons. The minimum absolute atomic E-state index is 0.131. The fourth-order valence-electron chi connectivity index (χ4n) is 3.94. The van der Waals surface area contributed by atoms with Crippen molar-refractivity contribution in [3.05, 3.63) is 75.7 Å². The standard InChI is InChI=1S/C24H24N2O5S2/c1-15-17(12-8-13-19(15)26-33(29,30)16-9-4-3-5-10-16)22(27)25-23-21(24(28)31-2)18-11-6-7-14-20(18)32-23/h3-5,8-10,12-13,26H,6-7,11,14H2,1-2H3,(H,25,27). The molecular formula is C24H24N2O5S2. The highest BCUT2D eigenvalue weighted by Crippen LogP contribution is 2.39. The minimum Gasteiger partial charge on any atom is -0.465 e. The molecule has 9 heteroatoms. The van der Waals surface area contributed by atoms with E-state index < -0.39 is 21.9 Å². The number of aryl methyl sites for hydroxylation is 1. The molecule has 1 heterocycles. The summed E-state index contributed by atoms with van der Waals surface area (Å²) >= 11 is 1.40. The van der Waals surface area contributed by atoms with Crippen LogP contribution >= 0.6 is 11.3 Å². The molecule has 0 saturated carbocycles. The Labute approximate surface area is 196 Å². The second-order valence-corrected chi connectivity index (χ2v) is 10.5. The van der Waals surface area contributed by atoms with Gasteiger partial charge in [0.1, 0.15) is 5.00 Å². The van der Waals surface area contributed by atoms with Crippen LogP contribution in [0.3, 0.4) is 0 Å². The Balaban J connectivity index is 1.63. The summed E-state index contributed by atoms with van der Waals surface area (Å²) < 4.78 is 33.0. The van der Waals surface area contributed by atoms with E-state index in [1.54, 1.807) is 43.3 Å². The SMILES string of the molecule is COC(=O)c1c(NC(=O)c2cccc(NS(=O)(=O)c3ccccc3)c2C)sc2c1CCCC2. The normalized spacial score (nSPS) is 13.2. The zero-order valence-corrected chi connectivity index (χ0v) is 19.9. The molecule has 0 atom stereocenters. The Bertz CT molecular complexity index is 1310.